The minimum absolute atomic E-state index is 0.516. The second kappa shape index (κ2) is 6.20. The van der Waals surface area contributed by atoms with E-state index >= 15 is 0 Å². The van der Waals surface area contributed by atoms with Crippen LogP contribution >= 0.6 is 0 Å². The molecule has 3 atom stereocenters. The number of ether oxygens (including phenoxy) is 1. The molecule has 2 nitrogen and oxygen atoms in total. The molecule has 0 radical (unpaired) electrons. The van der Waals surface area contributed by atoms with E-state index in [0.29, 0.717) is 16.9 Å². The standard InChI is InChI=1S/C19H35NO/c1-18(2)15-10-11-19(18,3)17(14-15)20-12-7-13-21-16-8-5-4-6-9-16/h15-17,20H,4-14H2,1-3H3. The largest absolute Gasteiger partial charge is 0.378 e. The first-order valence-electron chi connectivity index (χ1n) is 9.39. The summed E-state index contributed by atoms with van der Waals surface area (Å²) in [5, 5.41) is 3.87. The van der Waals surface area contributed by atoms with Gasteiger partial charge >= 0.3 is 0 Å². The average molecular weight is 293 g/mol. The van der Waals surface area contributed by atoms with E-state index in [1.807, 2.05) is 0 Å². The lowest BCUT2D eigenvalue weighted by atomic mass is 9.69. The van der Waals surface area contributed by atoms with Crippen LogP contribution in [0.5, 0.6) is 0 Å². The third kappa shape index (κ3) is 2.91. The van der Waals surface area contributed by atoms with Crippen LogP contribution in [0.4, 0.5) is 0 Å². The fraction of sp³-hybridized carbons (Fsp3) is 1.00. The molecule has 3 saturated carbocycles. The van der Waals surface area contributed by atoms with E-state index in [0.717, 1.165) is 25.1 Å². The van der Waals surface area contributed by atoms with E-state index < -0.39 is 0 Å². The Kier molecular flexibility index (Phi) is 4.66. The average Bonchev–Trinajstić information content (AvgIpc) is 2.81. The summed E-state index contributed by atoms with van der Waals surface area (Å²) >= 11 is 0. The molecule has 3 aliphatic rings. The molecule has 2 bridgehead atoms. The third-order valence-electron chi connectivity index (χ3n) is 7.41. The van der Waals surface area contributed by atoms with Crippen LogP contribution in [0.25, 0.3) is 0 Å². The molecule has 21 heavy (non-hydrogen) atoms. The van der Waals surface area contributed by atoms with Gasteiger partial charge in [0.05, 0.1) is 6.10 Å². The summed E-state index contributed by atoms with van der Waals surface area (Å²) in [6.07, 6.45) is 12.8. The summed E-state index contributed by atoms with van der Waals surface area (Å²) < 4.78 is 6.04. The molecule has 1 N–H and O–H groups in total. The first-order chi connectivity index (χ1) is 10.0. The Morgan fingerprint density at radius 1 is 1.05 bits per heavy atom. The van der Waals surface area contributed by atoms with Crippen molar-refractivity contribution in [1.82, 2.24) is 5.32 Å². The molecule has 3 unspecified atom stereocenters. The smallest absolute Gasteiger partial charge is 0.0575 e. The van der Waals surface area contributed by atoms with E-state index in [2.05, 4.69) is 26.1 Å². The fourth-order valence-electron chi connectivity index (χ4n) is 5.34. The number of hydrogen-bond acceptors (Lipinski definition) is 2. The highest BCUT2D eigenvalue weighted by Gasteiger charge is 2.60. The molecule has 0 heterocycles. The molecule has 3 fully saturated rings. The highest BCUT2D eigenvalue weighted by Crippen LogP contribution is 2.65. The molecule has 0 aromatic heterocycles. The summed E-state index contributed by atoms with van der Waals surface area (Å²) in [5.74, 6) is 0.943. The second-order valence-electron chi connectivity index (χ2n) is 8.60. The van der Waals surface area contributed by atoms with E-state index in [4.69, 9.17) is 4.74 Å². The minimum atomic E-state index is 0.516. The van der Waals surface area contributed by atoms with Crippen molar-refractivity contribution in [2.45, 2.75) is 90.7 Å². The highest BCUT2D eigenvalue weighted by molar-refractivity contribution is 5.12. The van der Waals surface area contributed by atoms with Crippen LogP contribution in [0.15, 0.2) is 0 Å². The van der Waals surface area contributed by atoms with E-state index in [1.54, 1.807) is 0 Å². The van der Waals surface area contributed by atoms with Crippen LogP contribution in [0.3, 0.4) is 0 Å². The van der Waals surface area contributed by atoms with Crippen molar-refractivity contribution in [3.63, 3.8) is 0 Å². The van der Waals surface area contributed by atoms with Gasteiger partial charge in [0.25, 0.3) is 0 Å². The Morgan fingerprint density at radius 3 is 2.43 bits per heavy atom. The molecule has 122 valence electrons. The normalized spacial score (nSPS) is 39.0. The number of nitrogens with one attached hydrogen (secondary N) is 1. The topological polar surface area (TPSA) is 21.3 Å². The highest BCUT2D eigenvalue weighted by atomic mass is 16.5. The Morgan fingerprint density at radius 2 is 1.81 bits per heavy atom. The molecule has 0 aromatic carbocycles. The Bertz CT molecular complexity index is 347. The first-order valence-corrected chi connectivity index (χ1v) is 9.39. The van der Waals surface area contributed by atoms with Gasteiger partial charge in [0.1, 0.15) is 0 Å². The number of fused-ring (bicyclic) bond motifs is 2. The van der Waals surface area contributed by atoms with Crippen molar-refractivity contribution in [3.8, 4) is 0 Å². The van der Waals surface area contributed by atoms with Gasteiger partial charge in [0.2, 0.25) is 0 Å². The maximum absolute atomic E-state index is 6.04. The number of rotatable bonds is 6. The predicted molar refractivity (Wildman–Crippen MR) is 88.5 cm³/mol. The molecule has 2 heteroatoms. The zero-order valence-corrected chi connectivity index (χ0v) is 14.4. The van der Waals surface area contributed by atoms with Crippen LogP contribution in [-0.2, 0) is 4.74 Å². The molecular formula is C19H35NO. The molecule has 3 aliphatic carbocycles. The van der Waals surface area contributed by atoms with Gasteiger partial charge in [-0.15, -0.1) is 0 Å². The maximum Gasteiger partial charge on any atom is 0.0575 e. The van der Waals surface area contributed by atoms with Crippen molar-refractivity contribution in [2.24, 2.45) is 16.7 Å². The Hall–Kier alpha value is -0.0800. The maximum atomic E-state index is 6.04. The zero-order chi connectivity index (χ0) is 14.9. The molecule has 0 amide bonds. The van der Waals surface area contributed by atoms with Crippen LogP contribution in [-0.4, -0.2) is 25.3 Å². The lowest BCUT2D eigenvalue weighted by Crippen LogP contribution is -2.44. The van der Waals surface area contributed by atoms with Gasteiger partial charge in [0, 0.05) is 12.6 Å². The fourth-order valence-corrected chi connectivity index (χ4v) is 5.34. The summed E-state index contributed by atoms with van der Waals surface area (Å²) in [6, 6.07) is 0.737. The quantitative estimate of drug-likeness (QED) is 0.726. The monoisotopic (exact) mass is 293 g/mol. The zero-order valence-electron chi connectivity index (χ0n) is 14.4. The lowest BCUT2D eigenvalue weighted by Gasteiger charge is -2.39. The van der Waals surface area contributed by atoms with E-state index in [1.165, 1.54) is 57.8 Å². The van der Waals surface area contributed by atoms with E-state index in [9.17, 15) is 0 Å². The summed E-state index contributed by atoms with van der Waals surface area (Å²) in [4.78, 5) is 0. The van der Waals surface area contributed by atoms with Gasteiger partial charge in [0.15, 0.2) is 0 Å². The van der Waals surface area contributed by atoms with Gasteiger partial charge in [-0.25, -0.2) is 0 Å². The Balaban J connectivity index is 1.35. The van der Waals surface area contributed by atoms with Gasteiger partial charge in [-0.05, 0) is 61.8 Å². The second-order valence-corrected chi connectivity index (χ2v) is 8.60. The van der Waals surface area contributed by atoms with Crippen LogP contribution in [0.2, 0.25) is 0 Å². The molecule has 3 rings (SSSR count). The van der Waals surface area contributed by atoms with Crippen molar-refractivity contribution >= 4 is 0 Å². The molecule has 0 aliphatic heterocycles. The van der Waals surface area contributed by atoms with Crippen LogP contribution < -0.4 is 5.32 Å². The summed E-state index contributed by atoms with van der Waals surface area (Å²) in [6.45, 7) is 9.61. The van der Waals surface area contributed by atoms with Gasteiger partial charge in [-0.3, -0.25) is 0 Å². The van der Waals surface area contributed by atoms with Gasteiger partial charge < -0.3 is 10.1 Å². The third-order valence-corrected chi connectivity index (χ3v) is 7.41. The van der Waals surface area contributed by atoms with Crippen molar-refractivity contribution in [1.29, 1.82) is 0 Å². The van der Waals surface area contributed by atoms with Crippen molar-refractivity contribution in [2.75, 3.05) is 13.2 Å². The van der Waals surface area contributed by atoms with Crippen LogP contribution in [0.1, 0.15) is 78.6 Å². The first kappa shape index (κ1) is 15.8. The number of hydrogen-bond donors (Lipinski definition) is 1. The van der Waals surface area contributed by atoms with Gasteiger partial charge in [-0.2, -0.15) is 0 Å². The van der Waals surface area contributed by atoms with Crippen molar-refractivity contribution < 1.29 is 4.74 Å². The van der Waals surface area contributed by atoms with Gasteiger partial charge in [-0.1, -0.05) is 40.0 Å². The Labute approximate surface area is 131 Å². The molecule has 0 saturated heterocycles. The summed E-state index contributed by atoms with van der Waals surface area (Å²) in [7, 11) is 0. The molecular weight excluding hydrogens is 258 g/mol. The lowest BCUT2D eigenvalue weighted by molar-refractivity contribution is 0.0262. The molecule has 0 spiro atoms. The minimum Gasteiger partial charge on any atom is -0.378 e. The van der Waals surface area contributed by atoms with Crippen LogP contribution in [0, 0.1) is 16.7 Å². The summed E-state index contributed by atoms with van der Waals surface area (Å²) in [5.41, 5.74) is 1.05. The predicted octanol–water partition coefficient (Wildman–Crippen LogP) is 4.53. The van der Waals surface area contributed by atoms with E-state index in [-0.39, 0.29) is 0 Å². The molecule has 0 aromatic rings. The van der Waals surface area contributed by atoms with Crippen molar-refractivity contribution in [3.05, 3.63) is 0 Å². The SMILES string of the molecule is CC1(C)C2CCC1(C)C(NCCCOC1CCCCC1)C2.